The van der Waals surface area contributed by atoms with E-state index in [0.29, 0.717) is 29.4 Å². The number of nitrogens with zero attached hydrogens (tertiary/aromatic N) is 3. The number of methoxy groups -OCH3 is 1. The molecule has 0 spiro atoms. The molecule has 12 nitrogen and oxygen atoms in total. The number of hydrogen-bond donors (Lipinski definition) is 3. The van der Waals surface area contributed by atoms with Gasteiger partial charge < -0.3 is 29.7 Å². The summed E-state index contributed by atoms with van der Waals surface area (Å²) < 4.78 is 10.7. The number of amidine groups is 1. The van der Waals surface area contributed by atoms with Gasteiger partial charge in [0.2, 0.25) is 11.8 Å². The van der Waals surface area contributed by atoms with Crippen LogP contribution in [0.1, 0.15) is 47.7 Å². The van der Waals surface area contributed by atoms with E-state index in [9.17, 15) is 14.4 Å². The molecule has 3 amide bonds. The van der Waals surface area contributed by atoms with Crippen molar-refractivity contribution in [2.45, 2.75) is 38.3 Å². The maximum absolute atomic E-state index is 13.4. The molecule has 1 unspecified atom stereocenters. The first-order chi connectivity index (χ1) is 19.3. The summed E-state index contributed by atoms with van der Waals surface area (Å²) in [4.78, 5) is 48.3. The van der Waals surface area contributed by atoms with Crippen LogP contribution in [-0.4, -0.2) is 58.4 Å². The molecule has 3 N–H and O–H groups in total. The second-order valence-electron chi connectivity index (χ2n) is 8.91. The molecule has 1 aliphatic heterocycles. The van der Waals surface area contributed by atoms with Crippen molar-refractivity contribution in [2.24, 2.45) is 5.16 Å². The molecule has 0 bridgehead atoms. The summed E-state index contributed by atoms with van der Waals surface area (Å²) in [6, 6.07) is 12.1. The zero-order valence-electron chi connectivity index (χ0n) is 21.8. The van der Waals surface area contributed by atoms with Crippen molar-refractivity contribution < 1.29 is 33.5 Å². The number of carboxylic acid groups (broad SMARTS) is 1. The van der Waals surface area contributed by atoms with Crippen LogP contribution in [0.4, 0.5) is 4.79 Å². The Kier molecular flexibility index (Phi) is 9.23. The van der Waals surface area contributed by atoms with Gasteiger partial charge in [0.15, 0.2) is 17.3 Å². The van der Waals surface area contributed by atoms with Gasteiger partial charge in [0.25, 0.3) is 0 Å². The quantitative estimate of drug-likeness (QED) is 0.324. The number of aromatic carboxylic acids is 1. The number of oxime groups is 1. The lowest BCUT2D eigenvalue weighted by atomic mass is 10.0. The molecule has 0 saturated carbocycles. The molecule has 0 radical (unpaired) electrons. The van der Waals surface area contributed by atoms with Crippen LogP contribution in [0.15, 0.2) is 64.4 Å². The van der Waals surface area contributed by atoms with Gasteiger partial charge in [0.05, 0.1) is 13.7 Å². The van der Waals surface area contributed by atoms with Gasteiger partial charge in [0, 0.05) is 17.5 Å². The third-order valence-electron chi connectivity index (χ3n) is 6.10. The Labute approximate surface area is 234 Å². The van der Waals surface area contributed by atoms with E-state index in [-0.39, 0.29) is 30.4 Å². The molecule has 1 aliphatic rings. The van der Waals surface area contributed by atoms with E-state index in [1.807, 2.05) is 6.07 Å². The van der Waals surface area contributed by atoms with Gasteiger partial charge in [-0.1, -0.05) is 41.9 Å². The van der Waals surface area contributed by atoms with Crippen molar-refractivity contribution >= 4 is 35.3 Å². The lowest BCUT2D eigenvalue weighted by molar-refractivity contribution is -0.127. The number of imide groups is 1. The summed E-state index contributed by atoms with van der Waals surface area (Å²) in [5.74, 6) is -0.385. The third kappa shape index (κ3) is 7.08. The van der Waals surface area contributed by atoms with Gasteiger partial charge in [-0.3, -0.25) is 9.69 Å². The molecule has 40 heavy (non-hydrogen) atoms. The predicted octanol–water partition coefficient (Wildman–Crippen LogP) is 4.02. The molecule has 1 saturated heterocycles. The number of carbonyl (C=O) groups is 3. The minimum absolute atomic E-state index is 0.0147. The van der Waals surface area contributed by atoms with Gasteiger partial charge >= 0.3 is 12.0 Å². The number of aromatic nitrogens is 1. The maximum Gasteiger partial charge on any atom is 0.357 e. The van der Waals surface area contributed by atoms with Crippen molar-refractivity contribution in [1.82, 2.24) is 20.5 Å². The highest BCUT2D eigenvalue weighted by molar-refractivity contribution is 6.30. The normalized spacial score (nSPS) is 17.1. The highest BCUT2D eigenvalue weighted by atomic mass is 35.5. The van der Waals surface area contributed by atoms with E-state index in [4.69, 9.17) is 30.7 Å². The van der Waals surface area contributed by atoms with E-state index in [1.54, 1.807) is 56.5 Å². The average molecular weight is 570 g/mol. The number of benzene rings is 2. The number of para-hydroxylation sites is 1. The molecule has 2 aromatic carbocycles. The highest BCUT2D eigenvalue weighted by Crippen LogP contribution is 2.25. The molecule has 4 rings (SSSR count). The number of carboxylic acids is 1. The number of rotatable bonds is 9. The van der Waals surface area contributed by atoms with Crippen LogP contribution in [0, 0.1) is 0 Å². The van der Waals surface area contributed by atoms with Crippen LogP contribution in [-0.2, 0) is 11.2 Å². The largest absolute Gasteiger partial charge is 0.496 e. The van der Waals surface area contributed by atoms with Crippen molar-refractivity contribution in [2.75, 3.05) is 13.7 Å². The minimum atomic E-state index is -1.26. The standard InChI is InChI=1S/C27H28ClN5O7/c1-3-20(25-30-21(15-39-25)26(35)36)31-27(37)33-14-23(32-40-19-7-5-4-6-8-19)29-18(13-24(33)34)12-16-11-17(28)9-10-22(16)38-2/h4-11,15,18,20H,3,12-14H2,1-2H3,(H,29,32)(H,31,37)(H,35,36)/t18?,20-/m1/s1. The molecular weight excluding hydrogens is 542 g/mol. The summed E-state index contributed by atoms with van der Waals surface area (Å²) in [6.45, 7) is 1.56. The number of hydrogen-bond acceptors (Lipinski definition) is 8. The lowest BCUT2D eigenvalue weighted by Gasteiger charge is -2.22. The topological polar surface area (TPSA) is 156 Å². The van der Waals surface area contributed by atoms with Crippen molar-refractivity contribution in [3.05, 3.63) is 77.0 Å². The molecule has 210 valence electrons. The first-order valence-electron chi connectivity index (χ1n) is 12.4. The number of nitrogens with one attached hydrogen (secondary N) is 2. The zero-order valence-corrected chi connectivity index (χ0v) is 22.6. The Morgan fingerprint density at radius 3 is 2.75 bits per heavy atom. The summed E-state index contributed by atoms with van der Waals surface area (Å²) in [5, 5.41) is 19.8. The molecule has 2 atom stereocenters. The SMILES string of the molecule is CC[C@@H](NC(=O)N1C/C(=N/Oc2ccccc2)NC(Cc2cc(Cl)ccc2OC)CC1=O)c1nc(C(=O)O)co1. The van der Waals surface area contributed by atoms with Crippen molar-refractivity contribution in [1.29, 1.82) is 0 Å². The summed E-state index contributed by atoms with van der Waals surface area (Å²) >= 11 is 6.20. The molecular formula is C27H28ClN5O7. The van der Waals surface area contributed by atoms with E-state index in [1.165, 1.54) is 0 Å². The Bertz CT molecular complexity index is 1390. The van der Waals surface area contributed by atoms with E-state index < -0.39 is 30.0 Å². The summed E-state index contributed by atoms with van der Waals surface area (Å²) in [6.07, 6.45) is 1.63. The Morgan fingerprint density at radius 2 is 2.08 bits per heavy atom. The van der Waals surface area contributed by atoms with Gasteiger partial charge in [-0.05, 0) is 48.7 Å². The molecule has 3 aromatic rings. The Morgan fingerprint density at radius 1 is 1.30 bits per heavy atom. The van der Waals surface area contributed by atoms with Crippen molar-refractivity contribution in [3.8, 4) is 11.5 Å². The van der Waals surface area contributed by atoms with Crippen LogP contribution in [0.3, 0.4) is 0 Å². The van der Waals surface area contributed by atoms with E-state index >= 15 is 0 Å². The first kappa shape index (κ1) is 28.4. The molecule has 1 aromatic heterocycles. The highest BCUT2D eigenvalue weighted by Gasteiger charge is 2.33. The fourth-order valence-electron chi connectivity index (χ4n) is 4.13. The molecule has 13 heteroatoms. The summed E-state index contributed by atoms with van der Waals surface area (Å²) in [5.41, 5.74) is 0.482. The molecule has 2 heterocycles. The zero-order chi connectivity index (χ0) is 28.6. The number of urea groups is 1. The smallest absolute Gasteiger partial charge is 0.357 e. The van der Waals surface area contributed by atoms with Crippen LogP contribution >= 0.6 is 11.6 Å². The van der Waals surface area contributed by atoms with Gasteiger partial charge in [0.1, 0.15) is 18.1 Å². The first-order valence-corrected chi connectivity index (χ1v) is 12.8. The Balaban J connectivity index is 1.57. The lowest BCUT2D eigenvalue weighted by Crippen LogP contribution is -2.47. The second-order valence-corrected chi connectivity index (χ2v) is 9.35. The van der Waals surface area contributed by atoms with Gasteiger partial charge in [-0.2, -0.15) is 0 Å². The average Bonchev–Trinajstić information content (AvgIpc) is 3.38. The van der Waals surface area contributed by atoms with Crippen LogP contribution in [0.2, 0.25) is 5.02 Å². The minimum Gasteiger partial charge on any atom is -0.496 e. The number of oxazole rings is 1. The van der Waals surface area contributed by atoms with E-state index in [2.05, 4.69) is 20.8 Å². The van der Waals surface area contributed by atoms with Crippen LogP contribution in [0.25, 0.3) is 0 Å². The summed E-state index contributed by atoms with van der Waals surface area (Å²) in [7, 11) is 1.54. The molecule has 0 aliphatic carbocycles. The van der Waals surface area contributed by atoms with Gasteiger partial charge in [-0.15, -0.1) is 0 Å². The number of halogens is 1. The number of ether oxygens (including phenoxy) is 1. The van der Waals surface area contributed by atoms with Crippen LogP contribution < -0.4 is 20.2 Å². The fourth-order valence-corrected chi connectivity index (χ4v) is 4.32. The predicted molar refractivity (Wildman–Crippen MR) is 144 cm³/mol. The second kappa shape index (κ2) is 13.0. The monoisotopic (exact) mass is 569 g/mol. The number of carbonyl (C=O) groups excluding carboxylic acids is 2. The maximum atomic E-state index is 13.4. The van der Waals surface area contributed by atoms with Crippen molar-refractivity contribution in [3.63, 3.8) is 0 Å². The number of amides is 3. The van der Waals surface area contributed by atoms with Gasteiger partial charge in [-0.25, -0.2) is 14.6 Å². The third-order valence-corrected chi connectivity index (χ3v) is 6.34. The van der Waals surface area contributed by atoms with E-state index in [0.717, 1.165) is 16.7 Å². The van der Waals surface area contributed by atoms with Crippen LogP contribution in [0.5, 0.6) is 11.5 Å². The Hall–Kier alpha value is -4.58. The fraction of sp³-hybridized carbons (Fsp3) is 0.296. The molecule has 1 fully saturated rings.